The SMILES string of the molecule is C=NC(=NCCCNC(=C)c1ccn(C2CCC(F)(F)C2)c1)c1cc2c(NC(CF)CCN(C)CC)cccc2n1CC(F)(F)F. The van der Waals surface area contributed by atoms with Gasteiger partial charge >= 0.3 is 6.18 Å². The zero-order valence-corrected chi connectivity index (χ0v) is 26.4. The van der Waals surface area contributed by atoms with E-state index in [0.29, 0.717) is 54.6 Å². The van der Waals surface area contributed by atoms with Crippen molar-refractivity contribution in [2.45, 2.75) is 69.8 Å². The largest absolute Gasteiger partial charge is 0.406 e. The van der Waals surface area contributed by atoms with Crippen LogP contribution in [0.15, 0.2) is 59.3 Å². The number of aliphatic imine (C=N–C) groups is 2. The molecule has 1 saturated carbocycles. The molecule has 1 aromatic carbocycles. The quantitative estimate of drug-likeness (QED) is 0.0728. The lowest BCUT2D eigenvalue weighted by Gasteiger charge is -2.21. The van der Waals surface area contributed by atoms with E-state index in [1.54, 1.807) is 41.2 Å². The third kappa shape index (κ3) is 9.17. The molecule has 2 unspecified atom stereocenters. The van der Waals surface area contributed by atoms with Crippen molar-refractivity contribution < 1.29 is 26.3 Å². The Balaban J connectivity index is 1.45. The second-order valence-corrected chi connectivity index (χ2v) is 11.9. The van der Waals surface area contributed by atoms with Crippen LogP contribution in [0.1, 0.15) is 56.3 Å². The smallest absolute Gasteiger partial charge is 0.385 e. The molecule has 13 heteroatoms. The average molecular weight is 652 g/mol. The first-order valence-electron chi connectivity index (χ1n) is 15.5. The molecule has 3 aromatic rings. The first kappa shape index (κ1) is 35.1. The van der Waals surface area contributed by atoms with E-state index in [0.717, 1.165) is 16.7 Å². The summed E-state index contributed by atoms with van der Waals surface area (Å²) >= 11 is 0. The minimum atomic E-state index is -4.51. The summed E-state index contributed by atoms with van der Waals surface area (Å²) < 4.78 is 85.3. The lowest BCUT2D eigenvalue weighted by molar-refractivity contribution is -0.139. The van der Waals surface area contributed by atoms with Gasteiger partial charge in [-0.2, -0.15) is 13.2 Å². The highest BCUT2D eigenvalue weighted by Crippen LogP contribution is 2.41. The van der Waals surface area contributed by atoms with Gasteiger partial charge in [0, 0.05) is 66.7 Å². The normalized spacial score (nSPS) is 17.5. The Hall–Kier alpha value is -3.74. The van der Waals surface area contributed by atoms with E-state index < -0.39 is 31.4 Å². The monoisotopic (exact) mass is 651 g/mol. The minimum Gasteiger partial charge on any atom is -0.385 e. The molecule has 1 aliphatic rings. The maximum absolute atomic E-state index is 13.9. The molecule has 4 rings (SSSR count). The van der Waals surface area contributed by atoms with Crippen LogP contribution >= 0.6 is 0 Å². The summed E-state index contributed by atoms with van der Waals surface area (Å²) in [4.78, 5) is 10.5. The predicted molar refractivity (Wildman–Crippen MR) is 174 cm³/mol. The number of nitrogens with zero attached hydrogens (tertiary/aromatic N) is 5. The maximum Gasteiger partial charge on any atom is 0.406 e. The fourth-order valence-electron chi connectivity index (χ4n) is 5.70. The summed E-state index contributed by atoms with van der Waals surface area (Å²) in [6.45, 7) is 9.94. The zero-order valence-electron chi connectivity index (χ0n) is 26.4. The van der Waals surface area contributed by atoms with Crippen molar-refractivity contribution >= 4 is 34.8 Å². The van der Waals surface area contributed by atoms with Gasteiger partial charge < -0.3 is 24.7 Å². The molecule has 2 heterocycles. The van der Waals surface area contributed by atoms with Crippen LogP contribution < -0.4 is 10.6 Å². The van der Waals surface area contributed by atoms with Gasteiger partial charge in [-0.3, -0.25) is 4.99 Å². The Bertz CT molecular complexity index is 1510. The standard InChI is InChI=1S/C33H43F6N7/c1-5-44(4)16-12-25(20-34)43-28-8-6-9-29-27(28)18-30(46(29)22-33(37,38)39)31(40-3)42-15-7-14-41-23(2)24-11-17-45(21-24)26-10-13-32(35,36)19-26/h6,8-9,11,17-18,21,25-26,41,43H,2-3,5,7,10,12-16,19-20,22H2,1,4H3. The molecule has 0 bridgehead atoms. The van der Waals surface area contributed by atoms with Gasteiger partial charge in [-0.1, -0.05) is 19.6 Å². The van der Waals surface area contributed by atoms with E-state index in [9.17, 15) is 26.3 Å². The van der Waals surface area contributed by atoms with Crippen LogP contribution in [-0.2, 0) is 6.54 Å². The van der Waals surface area contributed by atoms with Crippen LogP contribution in [0, 0.1) is 0 Å². The van der Waals surface area contributed by atoms with Gasteiger partial charge in [0.25, 0.3) is 0 Å². The molecular weight excluding hydrogens is 608 g/mol. The van der Waals surface area contributed by atoms with Crippen LogP contribution in [0.5, 0.6) is 0 Å². The van der Waals surface area contributed by atoms with Gasteiger partial charge in [0.05, 0.1) is 17.3 Å². The Kier molecular flexibility index (Phi) is 11.6. The van der Waals surface area contributed by atoms with E-state index in [2.05, 4.69) is 38.8 Å². The van der Waals surface area contributed by atoms with E-state index in [1.807, 2.05) is 20.0 Å². The van der Waals surface area contributed by atoms with E-state index in [1.165, 1.54) is 0 Å². The number of hydrogen-bond acceptors (Lipinski definition) is 4. The number of aromatic nitrogens is 2. The number of nitrogens with one attached hydrogen (secondary N) is 2. The number of fused-ring (bicyclic) bond motifs is 1. The van der Waals surface area contributed by atoms with Gasteiger partial charge in [-0.05, 0) is 70.4 Å². The summed E-state index contributed by atoms with van der Waals surface area (Å²) in [7, 11) is 1.94. The van der Waals surface area contributed by atoms with Crippen LogP contribution in [0.2, 0.25) is 0 Å². The van der Waals surface area contributed by atoms with Crippen molar-refractivity contribution in [3.8, 4) is 0 Å². The van der Waals surface area contributed by atoms with Crippen molar-refractivity contribution in [1.82, 2.24) is 19.4 Å². The second kappa shape index (κ2) is 15.2. The first-order chi connectivity index (χ1) is 21.8. The molecule has 0 radical (unpaired) electrons. The van der Waals surface area contributed by atoms with Gasteiger partial charge in [0.2, 0.25) is 5.92 Å². The molecule has 0 amide bonds. The molecule has 2 N–H and O–H groups in total. The van der Waals surface area contributed by atoms with Gasteiger partial charge in [-0.25, -0.2) is 18.2 Å². The second-order valence-electron chi connectivity index (χ2n) is 11.9. The van der Waals surface area contributed by atoms with Crippen LogP contribution in [-0.4, -0.2) is 84.6 Å². The number of amidine groups is 1. The molecule has 1 aliphatic carbocycles. The average Bonchev–Trinajstić information content (AvgIpc) is 3.73. The number of anilines is 1. The summed E-state index contributed by atoms with van der Waals surface area (Å²) in [5.41, 5.74) is 2.44. The minimum absolute atomic E-state index is 0.0716. The van der Waals surface area contributed by atoms with Gasteiger partial charge in [-0.15, -0.1) is 0 Å². The van der Waals surface area contributed by atoms with E-state index in [-0.39, 0.29) is 37.0 Å². The number of halogens is 6. The lowest BCUT2D eigenvalue weighted by Crippen LogP contribution is -2.29. The molecule has 2 aromatic heterocycles. The lowest BCUT2D eigenvalue weighted by atomic mass is 10.1. The van der Waals surface area contributed by atoms with Crippen molar-refractivity contribution in [2.75, 3.05) is 45.2 Å². The Labute approximate surface area is 266 Å². The van der Waals surface area contributed by atoms with Crippen LogP contribution in [0.4, 0.5) is 32.0 Å². The predicted octanol–water partition coefficient (Wildman–Crippen LogP) is 7.56. The van der Waals surface area contributed by atoms with Crippen LogP contribution in [0.25, 0.3) is 16.6 Å². The highest BCUT2D eigenvalue weighted by molar-refractivity contribution is 6.06. The van der Waals surface area contributed by atoms with Crippen molar-refractivity contribution in [1.29, 1.82) is 0 Å². The third-order valence-corrected chi connectivity index (χ3v) is 8.40. The first-order valence-corrected chi connectivity index (χ1v) is 15.5. The molecule has 2 atom stereocenters. The highest BCUT2D eigenvalue weighted by Gasteiger charge is 2.40. The molecule has 1 fully saturated rings. The summed E-state index contributed by atoms with van der Waals surface area (Å²) in [6, 6.07) is 7.63. The zero-order chi connectivity index (χ0) is 33.5. The molecule has 46 heavy (non-hydrogen) atoms. The van der Waals surface area contributed by atoms with Crippen molar-refractivity contribution in [3.63, 3.8) is 0 Å². The summed E-state index contributed by atoms with van der Waals surface area (Å²) in [6.07, 6.45) is 0.263. The number of alkyl halides is 6. The fraction of sp³-hybridized carbons (Fsp3) is 0.515. The third-order valence-electron chi connectivity index (χ3n) is 8.40. The summed E-state index contributed by atoms with van der Waals surface area (Å²) in [5, 5.41) is 6.89. The fourth-order valence-corrected chi connectivity index (χ4v) is 5.70. The van der Waals surface area contributed by atoms with Gasteiger partial charge in [0.15, 0.2) is 5.84 Å². The van der Waals surface area contributed by atoms with Gasteiger partial charge in [0.1, 0.15) is 13.2 Å². The van der Waals surface area contributed by atoms with Crippen LogP contribution in [0.3, 0.4) is 0 Å². The summed E-state index contributed by atoms with van der Waals surface area (Å²) in [5.74, 6) is -2.56. The van der Waals surface area contributed by atoms with E-state index >= 15 is 0 Å². The molecule has 0 saturated heterocycles. The van der Waals surface area contributed by atoms with Crippen molar-refractivity contribution in [2.24, 2.45) is 9.98 Å². The maximum atomic E-state index is 13.9. The highest BCUT2D eigenvalue weighted by atomic mass is 19.4. The Morgan fingerprint density at radius 2 is 2.02 bits per heavy atom. The Morgan fingerprint density at radius 1 is 1.24 bits per heavy atom. The topological polar surface area (TPSA) is 61.9 Å². The molecule has 7 nitrogen and oxygen atoms in total. The molecule has 0 aliphatic heterocycles. The van der Waals surface area contributed by atoms with E-state index in [4.69, 9.17) is 0 Å². The molecular formula is C33H43F6N7. The molecule has 0 spiro atoms. The molecule has 252 valence electrons. The number of hydrogen-bond donors (Lipinski definition) is 2. The Morgan fingerprint density at radius 3 is 2.67 bits per heavy atom. The number of rotatable bonds is 16. The number of benzene rings is 1. The van der Waals surface area contributed by atoms with Crippen molar-refractivity contribution in [3.05, 3.63) is 60.6 Å².